The van der Waals surface area contributed by atoms with E-state index in [1.54, 1.807) is 17.7 Å². The summed E-state index contributed by atoms with van der Waals surface area (Å²) >= 11 is 1.58. The van der Waals surface area contributed by atoms with E-state index >= 15 is 0 Å². The first-order valence-electron chi connectivity index (χ1n) is 13.6. The highest BCUT2D eigenvalue weighted by Crippen LogP contribution is 2.43. The van der Waals surface area contributed by atoms with Crippen LogP contribution in [0.5, 0.6) is 0 Å². The van der Waals surface area contributed by atoms with Crippen LogP contribution in [0, 0.1) is 6.92 Å². The molecule has 0 saturated carbocycles. The molecule has 0 spiro atoms. The average molecular weight is 534 g/mol. The number of hydrogen-bond donors (Lipinski definition) is 2. The molecule has 0 atom stereocenters. The molecule has 6 heterocycles. The highest BCUT2D eigenvalue weighted by atomic mass is 32.1. The summed E-state index contributed by atoms with van der Waals surface area (Å²) in [4.78, 5) is 31.5. The van der Waals surface area contributed by atoms with Gasteiger partial charge in [0, 0.05) is 32.1 Å². The van der Waals surface area contributed by atoms with Crippen LogP contribution in [0.1, 0.15) is 61.7 Å². The second kappa shape index (κ2) is 10.2. The van der Waals surface area contributed by atoms with E-state index in [1.807, 2.05) is 20.8 Å². The summed E-state index contributed by atoms with van der Waals surface area (Å²) < 4.78 is 0. The third-order valence-corrected chi connectivity index (χ3v) is 8.91. The number of amides is 1. The van der Waals surface area contributed by atoms with Gasteiger partial charge in [-0.15, -0.1) is 10.2 Å². The third kappa shape index (κ3) is 4.73. The van der Waals surface area contributed by atoms with E-state index in [4.69, 9.17) is 4.98 Å². The van der Waals surface area contributed by atoms with Crippen LogP contribution in [0.3, 0.4) is 0 Å². The van der Waals surface area contributed by atoms with Crippen molar-refractivity contribution in [2.75, 3.05) is 54.8 Å². The Bertz CT molecular complexity index is 1330. The minimum atomic E-state index is -0.648. The normalized spacial score (nSPS) is 19.6. The average Bonchev–Trinajstić information content (AvgIpc) is 3.65. The van der Waals surface area contributed by atoms with Crippen molar-refractivity contribution >= 4 is 34.6 Å². The van der Waals surface area contributed by atoms with Crippen LogP contribution in [0.2, 0.25) is 0 Å². The number of nitrogens with one attached hydrogen (secondary N) is 2. The van der Waals surface area contributed by atoms with E-state index in [-0.39, 0.29) is 5.91 Å². The fourth-order valence-corrected chi connectivity index (χ4v) is 6.50. The zero-order chi connectivity index (χ0) is 26.3. The monoisotopic (exact) mass is 533 g/mol. The molecule has 3 aromatic heterocycles. The summed E-state index contributed by atoms with van der Waals surface area (Å²) in [6.07, 6.45) is 6.07. The number of nitrogens with zero attached hydrogens (tertiary/aromatic N) is 7. The number of pyridine rings is 1. The van der Waals surface area contributed by atoms with Gasteiger partial charge < -0.3 is 20.4 Å². The van der Waals surface area contributed by atoms with Crippen LogP contribution in [0.15, 0.2) is 18.5 Å². The number of rotatable bonds is 7. The highest BCUT2D eigenvalue weighted by molar-refractivity contribution is 7.14. The molecular weight excluding hydrogens is 498 g/mol. The predicted molar refractivity (Wildman–Crippen MR) is 150 cm³/mol. The van der Waals surface area contributed by atoms with Gasteiger partial charge in [0.05, 0.1) is 22.4 Å². The van der Waals surface area contributed by atoms with E-state index in [9.17, 15) is 4.79 Å². The minimum absolute atomic E-state index is 0.0262. The molecule has 0 aliphatic carbocycles. The topological polar surface area (TPSA) is 112 Å². The fraction of sp³-hybridized carbons (Fsp3) is 0.556. The summed E-state index contributed by atoms with van der Waals surface area (Å²) in [7, 11) is 0. The van der Waals surface area contributed by atoms with Crippen molar-refractivity contribution in [2.24, 2.45) is 0 Å². The first kappa shape index (κ1) is 25.1. The van der Waals surface area contributed by atoms with Crippen LogP contribution in [0.25, 0.3) is 10.7 Å². The van der Waals surface area contributed by atoms with Gasteiger partial charge in [0.2, 0.25) is 5.91 Å². The minimum Gasteiger partial charge on any atom is -0.382 e. The zero-order valence-electron chi connectivity index (χ0n) is 22.3. The summed E-state index contributed by atoms with van der Waals surface area (Å²) in [6.45, 7) is 11.9. The van der Waals surface area contributed by atoms with Gasteiger partial charge in [-0.3, -0.25) is 4.79 Å². The lowest BCUT2D eigenvalue weighted by molar-refractivity contribution is -0.119. The SMILES string of the molecule is Cc1nnc(-c2ccc(NCCN3CCCC3)c(C3CCN(c4ncnc5c4C(C)(C)C(=O)N5)CC3)n2)s1. The molecule has 6 rings (SSSR count). The lowest BCUT2D eigenvalue weighted by atomic mass is 9.86. The summed E-state index contributed by atoms with van der Waals surface area (Å²) in [5, 5.41) is 17.0. The molecule has 2 saturated heterocycles. The Morgan fingerprint density at radius 2 is 1.89 bits per heavy atom. The lowest BCUT2D eigenvalue weighted by Crippen LogP contribution is -2.36. The first-order chi connectivity index (χ1) is 18.4. The molecule has 0 radical (unpaired) electrons. The van der Waals surface area contributed by atoms with Gasteiger partial charge in [-0.2, -0.15) is 0 Å². The van der Waals surface area contributed by atoms with E-state index in [1.165, 1.54) is 25.9 Å². The van der Waals surface area contributed by atoms with Crippen LogP contribution < -0.4 is 15.5 Å². The van der Waals surface area contributed by atoms with E-state index in [0.717, 1.165) is 77.5 Å². The van der Waals surface area contributed by atoms with Crippen LogP contribution >= 0.6 is 11.3 Å². The van der Waals surface area contributed by atoms with Gasteiger partial charge >= 0.3 is 0 Å². The molecule has 1 amide bonds. The van der Waals surface area contributed by atoms with Crippen molar-refractivity contribution in [3.63, 3.8) is 0 Å². The Morgan fingerprint density at radius 3 is 2.63 bits per heavy atom. The van der Waals surface area contributed by atoms with Crippen molar-refractivity contribution in [1.82, 2.24) is 30.0 Å². The standard InChI is InChI=1S/C27H35N9OS/c1-17-33-34-25(38-17)20-7-6-19(28-10-15-35-11-4-5-12-35)22(31-20)18-8-13-36(14-9-18)24-21-23(29-16-30-24)32-26(37)27(21,2)3/h6-7,16,18,28H,4-5,8-15H2,1-3H3,(H,29,30,32,37). The van der Waals surface area contributed by atoms with Gasteiger partial charge in [0.15, 0.2) is 5.01 Å². The number of anilines is 3. The number of piperidine rings is 1. The molecule has 2 N–H and O–H groups in total. The van der Waals surface area contributed by atoms with Crippen molar-refractivity contribution in [3.05, 3.63) is 34.7 Å². The van der Waals surface area contributed by atoms with Crippen molar-refractivity contribution in [3.8, 4) is 10.7 Å². The Labute approximate surface area is 227 Å². The Morgan fingerprint density at radius 1 is 1.11 bits per heavy atom. The number of carbonyl (C=O) groups excluding carboxylic acids is 1. The van der Waals surface area contributed by atoms with Crippen molar-refractivity contribution < 1.29 is 4.79 Å². The van der Waals surface area contributed by atoms with Crippen LogP contribution in [0.4, 0.5) is 17.3 Å². The maximum Gasteiger partial charge on any atom is 0.235 e. The molecule has 3 aliphatic heterocycles. The van der Waals surface area contributed by atoms with E-state index in [2.05, 4.69) is 52.7 Å². The van der Waals surface area contributed by atoms with Gasteiger partial charge in [-0.05, 0) is 71.7 Å². The molecule has 3 aromatic rings. The predicted octanol–water partition coefficient (Wildman–Crippen LogP) is 3.82. The number of fused-ring (bicyclic) bond motifs is 1. The Kier molecular flexibility index (Phi) is 6.73. The number of aromatic nitrogens is 5. The Hall–Kier alpha value is -3.18. The fourth-order valence-electron chi connectivity index (χ4n) is 5.84. The summed E-state index contributed by atoms with van der Waals surface area (Å²) in [6, 6.07) is 4.23. The Balaban J connectivity index is 1.22. The van der Waals surface area contributed by atoms with Crippen LogP contribution in [-0.4, -0.2) is 75.2 Å². The molecule has 0 unspecified atom stereocenters. The first-order valence-corrected chi connectivity index (χ1v) is 14.4. The zero-order valence-corrected chi connectivity index (χ0v) is 23.1. The molecule has 11 heteroatoms. The van der Waals surface area contributed by atoms with Crippen molar-refractivity contribution in [2.45, 2.75) is 57.8 Å². The molecular formula is C27H35N9OS. The quantitative estimate of drug-likeness (QED) is 0.468. The number of likely N-dealkylation sites (tertiary alicyclic amines) is 1. The molecule has 200 valence electrons. The van der Waals surface area contributed by atoms with Crippen LogP contribution in [-0.2, 0) is 10.2 Å². The lowest BCUT2D eigenvalue weighted by Gasteiger charge is -2.35. The maximum atomic E-state index is 12.6. The molecule has 0 bridgehead atoms. The highest BCUT2D eigenvalue weighted by Gasteiger charge is 2.43. The number of carbonyl (C=O) groups is 1. The third-order valence-electron chi connectivity index (χ3n) is 8.05. The van der Waals surface area contributed by atoms with Gasteiger partial charge in [-0.25, -0.2) is 15.0 Å². The van der Waals surface area contributed by atoms with Gasteiger partial charge in [-0.1, -0.05) is 11.3 Å². The number of aryl methyl sites for hydroxylation is 1. The van der Waals surface area contributed by atoms with E-state index < -0.39 is 5.41 Å². The maximum absolute atomic E-state index is 12.6. The second-order valence-corrected chi connectivity index (χ2v) is 12.2. The van der Waals surface area contributed by atoms with Gasteiger partial charge in [0.25, 0.3) is 0 Å². The molecule has 0 aromatic carbocycles. The second-order valence-electron chi connectivity index (χ2n) is 11.0. The molecule has 2 fully saturated rings. The smallest absolute Gasteiger partial charge is 0.235 e. The molecule has 3 aliphatic rings. The van der Waals surface area contributed by atoms with Crippen molar-refractivity contribution in [1.29, 1.82) is 0 Å². The summed E-state index contributed by atoms with van der Waals surface area (Å²) in [5.41, 5.74) is 3.37. The molecule has 10 nitrogen and oxygen atoms in total. The van der Waals surface area contributed by atoms with E-state index in [0.29, 0.717) is 11.7 Å². The summed E-state index contributed by atoms with van der Waals surface area (Å²) in [5.74, 6) is 1.80. The largest absolute Gasteiger partial charge is 0.382 e. The molecule has 38 heavy (non-hydrogen) atoms. The van der Waals surface area contributed by atoms with Gasteiger partial charge in [0.1, 0.15) is 28.7 Å². The number of hydrogen-bond acceptors (Lipinski definition) is 10.